The second-order valence-corrected chi connectivity index (χ2v) is 9.49. The Morgan fingerprint density at radius 1 is 1.06 bits per heavy atom. The van der Waals surface area contributed by atoms with Crippen LogP contribution >= 0.6 is 11.8 Å². The maximum atomic E-state index is 13.0. The van der Waals surface area contributed by atoms with E-state index in [1.54, 1.807) is 24.3 Å². The molecule has 0 bridgehead atoms. The van der Waals surface area contributed by atoms with Gasteiger partial charge in [0.1, 0.15) is 11.8 Å². The summed E-state index contributed by atoms with van der Waals surface area (Å²) in [4.78, 5) is 40.4. The van der Waals surface area contributed by atoms with Crippen LogP contribution in [0.15, 0.2) is 56.9 Å². The van der Waals surface area contributed by atoms with Gasteiger partial charge in [-0.3, -0.25) is 14.4 Å². The topological polar surface area (TPSA) is 150 Å². The molecule has 0 aliphatic heterocycles. The minimum Gasteiger partial charge on any atom is -0.497 e. The fourth-order valence-corrected chi connectivity index (χ4v) is 4.63. The van der Waals surface area contributed by atoms with Gasteiger partial charge in [0.05, 0.1) is 23.0 Å². The van der Waals surface area contributed by atoms with Crippen molar-refractivity contribution in [2.45, 2.75) is 17.4 Å². The molecular weight excluding hydrogens is 456 g/mol. The normalized spacial score (nSPS) is 12.4. The first-order chi connectivity index (χ1) is 15.2. The zero-order valence-electron chi connectivity index (χ0n) is 17.3. The molecule has 1 aromatic heterocycles. The standard InChI is InChI=1S/C20H22N4O6S2/c1-30-13-5-3-12(4-6-13)21-18(25)16(9-10-31-2)24-32(28,29)14-7-8-15-17(11-14)23-20(27)19(26)22-15/h3-8,11,16,24H,9-10H2,1-2H3,(H,21,25)(H,22,26)(H,23,27)/t16-/m0/s1. The second kappa shape index (κ2) is 10.0. The molecule has 1 heterocycles. The number of ether oxygens (including phenoxy) is 1. The van der Waals surface area contributed by atoms with Gasteiger partial charge in [0.15, 0.2) is 0 Å². The van der Waals surface area contributed by atoms with Crippen LogP contribution in [0.4, 0.5) is 5.69 Å². The Bertz CT molecular complexity index is 1330. The van der Waals surface area contributed by atoms with Gasteiger partial charge in [-0.15, -0.1) is 0 Å². The van der Waals surface area contributed by atoms with Crippen molar-refractivity contribution in [2.24, 2.45) is 0 Å². The molecule has 0 unspecified atom stereocenters. The van der Waals surface area contributed by atoms with Crippen molar-refractivity contribution in [2.75, 3.05) is 24.4 Å². The van der Waals surface area contributed by atoms with E-state index in [1.165, 1.54) is 37.1 Å². The van der Waals surface area contributed by atoms with Crippen LogP contribution in [0.1, 0.15) is 6.42 Å². The van der Waals surface area contributed by atoms with Crippen molar-refractivity contribution in [1.29, 1.82) is 0 Å². The molecule has 2 aromatic carbocycles. The third-order valence-electron chi connectivity index (χ3n) is 4.59. The number of aromatic nitrogens is 2. The van der Waals surface area contributed by atoms with Gasteiger partial charge in [0.25, 0.3) is 0 Å². The number of rotatable bonds is 9. The highest BCUT2D eigenvalue weighted by Crippen LogP contribution is 2.18. The van der Waals surface area contributed by atoms with E-state index < -0.39 is 33.1 Å². The third kappa shape index (κ3) is 5.58. The Kier molecular flexibility index (Phi) is 7.38. The van der Waals surface area contributed by atoms with Crippen LogP contribution in [0.2, 0.25) is 0 Å². The Hall–Kier alpha value is -3.09. The largest absolute Gasteiger partial charge is 0.497 e. The molecule has 32 heavy (non-hydrogen) atoms. The van der Waals surface area contributed by atoms with E-state index in [-0.39, 0.29) is 22.3 Å². The fourth-order valence-electron chi connectivity index (χ4n) is 2.90. The van der Waals surface area contributed by atoms with Crippen LogP contribution in [-0.2, 0) is 14.8 Å². The average molecular weight is 479 g/mol. The lowest BCUT2D eigenvalue weighted by molar-refractivity contribution is -0.117. The zero-order chi connectivity index (χ0) is 23.3. The molecule has 0 saturated carbocycles. The van der Waals surface area contributed by atoms with E-state index in [2.05, 4.69) is 20.0 Å². The van der Waals surface area contributed by atoms with Crippen LogP contribution in [0.25, 0.3) is 11.0 Å². The molecule has 0 aliphatic carbocycles. The van der Waals surface area contributed by atoms with Crippen molar-refractivity contribution in [3.05, 3.63) is 63.2 Å². The third-order valence-corrected chi connectivity index (χ3v) is 6.70. The summed E-state index contributed by atoms with van der Waals surface area (Å²) in [6.45, 7) is 0. The Labute approximate surface area is 187 Å². The molecule has 0 saturated heterocycles. The number of methoxy groups -OCH3 is 1. The van der Waals surface area contributed by atoms with Crippen LogP contribution in [-0.4, -0.2) is 49.5 Å². The van der Waals surface area contributed by atoms with Gasteiger partial charge < -0.3 is 20.0 Å². The number of hydrogen-bond acceptors (Lipinski definition) is 7. The summed E-state index contributed by atoms with van der Waals surface area (Å²) in [5.74, 6) is 0.666. The van der Waals surface area contributed by atoms with Gasteiger partial charge >= 0.3 is 11.1 Å². The van der Waals surface area contributed by atoms with Gasteiger partial charge in [-0.1, -0.05) is 0 Å². The van der Waals surface area contributed by atoms with Crippen LogP contribution in [0.5, 0.6) is 5.75 Å². The van der Waals surface area contributed by atoms with E-state index in [0.717, 1.165) is 0 Å². The Balaban J connectivity index is 1.85. The molecule has 0 radical (unpaired) electrons. The summed E-state index contributed by atoms with van der Waals surface area (Å²) in [7, 11) is -2.58. The highest BCUT2D eigenvalue weighted by Gasteiger charge is 2.26. The SMILES string of the molecule is COc1ccc(NC(=O)[C@H](CCSC)NS(=O)(=O)c2ccc3[nH]c(=O)c(=O)[nH]c3c2)cc1. The maximum Gasteiger partial charge on any atom is 0.314 e. The van der Waals surface area contributed by atoms with Gasteiger partial charge in [0, 0.05) is 5.69 Å². The number of fused-ring (bicyclic) bond motifs is 1. The first-order valence-electron chi connectivity index (χ1n) is 9.46. The molecule has 10 nitrogen and oxygen atoms in total. The van der Waals surface area contributed by atoms with Gasteiger partial charge in [-0.2, -0.15) is 16.5 Å². The van der Waals surface area contributed by atoms with Crippen molar-refractivity contribution in [3.8, 4) is 5.75 Å². The van der Waals surface area contributed by atoms with Crippen molar-refractivity contribution in [3.63, 3.8) is 0 Å². The van der Waals surface area contributed by atoms with Crippen LogP contribution in [0.3, 0.4) is 0 Å². The highest BCUT2D eigenvalue weighted by atomic mass is 32.2. The van der Waals surface area contributed by atoms with E-state index in [0.29, 0.717) is 17.2 Å². The van der Waals surface area contributed by atoms with E-state index in [1.807, 2.05) is 6.26 Å². The predicted octanol–water partition coefficient (Wildman–Crippen LogP) is 1.26. The number of sulfonamides is 1. The quantitative estimate of drug-likeness (QED) is 0.338. The summed E-state index contributed by atoms with van der Waals surface area (Å²) in [5.41, 5.74) is -0.794. The maximum absolute atomic E-state index is 13.0. The van der Waals surface area contributed by atoms with Crippen molar-refractivity contribution < 1.29 is 17.9 Å². The van der Waals surface area contributed by atoms with Gasteiger partial charge in [-0.25, -0.2) is 8.42 Å². The molecule has 0 spiro atoms. The first-order valence-corrected chi connectivity index (χ1v) is 12.3. The molecule has 170 valence electrons. The number of carbonyl (C=O) groups excluding carboxylic acids is 1. The molecule has 0 aliphatic rings. The van der Waals surface area contributed by atoms with E-state index in [9.17, 15) is 22.8 Å². The molecule has 0 fully saturated rings. The summed E-state index contributed by atoms with van der Waals surface area (Å²) in [5, 5.41) is 2.70. The number of H-pyrrole nitrogens is 2. The number of nitrogens with one attached hydrogen (secondary N) is 4. The predicted molar refractivity (Wildman–Crippen MR) is 124 cm³/mol. The molecule has 1 atom stereocenters. The molecule has 3 aromatic rings. The molecule has 3 rings (SSSR count). The van der Waals surface area contributed by atoms with Gasteiger partial charge in [-0.05, 0) is 60.9 Å². The summed E-state index contributed by atoms with van der Waals surface area (Å²) < 4.78 is 33.4. The lowest BCUT2D eigenvalue weighted by Gasteiger charge is -2.18. The molecule has 4 N–H and O–H groups in total. The average Bonchev–Trinajstić information content (AvgIpc) is 2.77. The smallest absolute Gasteiger partial charge is 0.314 e. The monoisotopic (exact) mass is 478 g/mol. The minimum atomic E-state index is -4.11. The molecule has 1 amide bonds. The number of anilines is 1. The van der Waals surface area contributed by atoms with Crippen molar-refractivity contribution in [1.82, 2.24) is 14.7 Å². The minimum absolute atomic E-state index is 0.154. The van der Waals surface area contributed by atoms with Crippen LogP contribution in [0, 0.1) is 0 Å². The van der Waals surface area contributed by atoms with E-state index >= 15 is 0 Å². The molecule has 12 heteroatoms. The van der Waals surface area contributed by atoms with Gasteiger partial charge in [0.2, 0.25) is 15.9 Å². The Morgan fingerprint density at radius 2 is 1.72 bits per heavy atom. The lowest BCUT2D eigenvalue weighted by Crippen LogP contribution is -2.44. The number of thioether (sulfide) groups is 1. The lowest BCUT2D eigenvalue weighted by atomic mass is 10.2. The van der Waals surface area contributed by atoms with Crippen LogP contribution < -0.4 is 25.9 Å². The van der Waals surface area contributed by atoms with E-state index in [4.69, 9.17) is 4.74 Å². The zero-order valence-corrected chi connectivity index (χ0v) is 18.9. The summed E-state index contributed by atoms with van der Waals surface area (Å²) >= 11 is 1.48. The number of carbonyl (C=O) groups is 1. The number of hydrogen-bond donors (Lipinski definition) is 4. The highest BCUT2D eigenvalue weighted by molar-refractivity contribution is 7.98. The number of benzene rings is 2. The fraction of sp³-hybridized carbons (Fsp3) is 0.250. The number of amides is 1. The summed E-state index contributed by atoms with van der Waals surface area (Å²) in [6, 6.07) is 9.51. The summed E-state index contributed by atoms with van der Waals surface area (Å²) in [6.07, 6.45) is 2.12. The number of aromatic amines is 2. The first kappa shape index (κ1) is 23.6. The van der Waals surface area contributed by atoms with Crippen molar-refractivity contribution >= 4 is 44.4 Å². The second-order valence-electron chi connectivity index (χ2n) is 6.79. The Morgan fingerprint density at radius 3 is 2.34 bits per heavy atom. The molecular formula is C20H22N4O6S2.